The predicted molar refractivity (Wildman–Crippen MR) is 49.2 cm³/mol. The van der Waals surface area contributed by atoms with E-state index in [1.165, 1.54) is 6.07 Å². The molecule has 1 aromatic heterocycles. The Hall–Kier alpha value is -1.30. The largest absolute Gasteiger partial charge is 0.370 e. The Labute approximate surface area is 80.6 Å². The summed E-state index contributed by atoms with van der Waals surface area (Å²) in [6.07, 6.45) is -0.673. The number of nitrogens with zero attached hydrogens (tertiary/aromatic N) is 2. The Morgan fingerprint density at radius 3 is 2.86 bits per heavy atom. The van der Waals surface area contributed by atoms with Crippen LogP contribution in [0, 0.1) is 0 Å². The van der Waals surface area contributed by atoms with E-state index in [0.717, 1.165) is 12.7 Å². The number of rotatable bonds is 5. The highest BCUT2D eigenvalue weighted by Crippen LogP contribution is 2.17. The van der Waals surface area contributed by atoms with Gasteiger partial charge in [0.15, 0.2) is 0 Å². The van der Waals surface area contributed by atoms with Crippen molar-refractivity contribution < 1.29 is 8.78 Å². The fourth-order valence-corrected chi connectivity index (χ4v) is 0.907. The maximum absolute atomic E-state index is 12.2. The van der Waals surface area contributed by atoms with Crippen LogP contribution in [0.5, 0.6) is 0 Å². The van der Waals surface area contributed by atoms with Crippen LogP contribution >= 0.6 is 0 Å². The smallest absolute Gasteiger partial charge is 0.280 e. The molecule has 0 aromatic carbocycles. The molecule has 0 atom stereocenters. The zero-order valence-corrected chi connectivity index (χ0v) is 7.58. The maximum atomic E-state index is 12.2. The lowest BCUT2D eigenvalue weighted by atomic mass is 10.4. The first-order valence-corrected chi connectivity index (χ1v) is 4.28. The molecule has 0 aliphatic rings. The normalized spacial score (nSPS) is 10.6. The third-order valence-electron chi connectivity index (χ3n) is 1.60. The van der Waals surface area contributed by atoms with E-state index in [2.05, 4.69) is 15.3 Å². The lowest BCUT2D eigenvalue weighted by Crippen LogP contribution is -2.09. The van der Waals surface area contributed by atoms with Crippen molar-refractivity contribution in [1.29, 1.82) is 0 Å². The van der Waals surface area contributed by atoms with Crippen LogP contribution in [0.15, 0.2) is 12.4 Å². The van der Waals surface area contributed by atoms with Crippen LogP contribution in [0.1, 0.15) is 18.5 Å². The second-order valence-corrected chi connectivity index (χ2v) is 2.70. The summed E-state index contributed by atoms with van der Waals surface area (Å²) in [5.41, 5.74) is 5.01. The molecule has 0 amide bonds. The van der Waals surface area contributed by atoms with Crippen molar-refractivity contribution >= 4 is 5.82 Å². The van der Waals surface area contributed by atoms with Gasteiger partial charge in [-0.15, -0.1) is 0 Å². The van der Waals surface area contributed by atoms with Gasteiger partial charge in [0.1, 0.15) is 17.8 Å². The Morgan fingerprint density at radius 2 is 2.21 bits per heavy atom. The zero-order valence-electron chi connectivity index (χ0n) is 7.58. The van der Waals surface area contributed by atoms with Gasteiger partial charge in [-0.3, -0.25) is 0 Å². The predicted octanol–water partition coefficient (Wildman–Crippen LogP) is 1.17. The summed E-state index contributed by atoms with van der Waals surface area (Å²) in [4.78, 5) is 7.24. The average Bonchev–Trinajstić information content (AvgIpc) is 2.19. The third kappa shape index (κ3) is 3.21. The van der Waals surface area contributed by atoms with Crippen LogP contribution in [0.2, 0.25) is 0 Å². The molecule has 0 fully saturated rings. The molecule has 4 nitrogen and oxygen atoms in total. The molecule has 0 aliphatic heterocycles. The molecule has 0 saturated carbocycles. The van der Waals surface area contributed by atoms with Gasteiger partial charge in [0.25, 0.3) is 6.43 Å². The highest BCUT2D eigenvalue weighted by Gasteiger charge is 2.08. The molecule has 0 spiro atoms. The molecule has 0 aliphatic carbocycles. The molecule has 1 aromatic rings. The highest BCUT2D eigenvalue weighted by molar-refractivity contribution is 5.34. The number of anilines is 1. The number of halogens is 2. The monoisotopic (exact) mass is 202 g/mol. The fourth-order valence-electron chi connectivity index (χ4n) is 0.907. The Balaban J connectivity index is 2.55. The lowest BCUT2D eigenvalue weighted by molar-refractivity contribution is 0.146. The van der Waals surface area contributed by atoms with E-state index in [1.807, 2.05) is 0 Å². The van der Waals surface area contributed by atoms with Gasteiger partial charge in [-0.25, -0.2) is 18.7 Å². The molecule has 0 unspecified atom stereocenters. The molecule has 3 N–H and O–H groups in total. The quantitative estimate of drug-likeness (QED) is 0.703. The Bertz CT molecular complexity index is 280. The second kappa shape index (κ2) is 5.43. The number of aromatic nitrogens is 2. The van der Waals surface area contributed by atoms with Gasteiger partial charge < -0.3 is 11.1 Å². The van der Waals surface area contributed by atoms with Crippen LogP contribution in [0.3, 0.4) is 0 Å². The van der Waals surface area contributed by atoms with Crippen LogP contribution in [-0.2, 0) is 0 Å². The van der Waals surface area contributed by atoms with Gasteiger partial charge in [-0.2, -0.15) is 0 Å². The molecule has 0 saturated heterocycles. The molecule has 1 rings (SSSR count). The van der Waals surface area contributed by atoms with Gasteiger partial charge in [0.2, 0.25) is 0 Å². The number of hydrogen-bond acceptors (Lipinski definition) is 4. The summed E-state index contributed by atoms with van der Waals surface area (Å²) < 4.78 is 24.4. The summed E-state index contributed by atoms with van der Waals surface area (Å²) in [6.45, 7) is 1.18. The van der Waals surface area contributed by atoms with Gasteiger partial charge in [-0.05, 0) is 13.0 Å². The molecule has 0 radical (unpaired) electrons. The maximum Gasteiger partial charge on any atom is 0.280 e. The van der Waals surface area contributed by atoms with E-state index >= 15 is 0 Å². The standard InChI is InChI=1S/C8H12F2N4/c9-8(10)6-4-7(14-5-13-6)12-3-1-2-11/h4-5,8H,1-3,11H2,(H,12,13,14). The van der Waals surface area contributed by atoms with Gasteiger partial charge >= 0.3 is 0 Å². The summed E-state index contributed by atoms with van der Waals surface area (Å²) in [7, 11) is 0. The van der Waals surface area contributed by atoms with E-state index < -0.39 is 6.43 Å². The van der Waals surface area contributed by atoms with Crippen molar-refractivity contribution in [2.24, 2.45) is 5.73 Å². The second-order valence-electron chi connectivity index (χ2n) is 2.70. The highest BCUT2D eigenvalue weighted by atomic mass is 19.3. The Kier molecular flexibility index (Phi) is 4.18. The van der Waals surface area contributed by atoms with Crippen LogP contribution in [-0.4, -0.2) is 23.1 Å². The molecule has 6 heteroatoms. The molecular formula is C8H12F2N4. The number of hydrogen-bond donors (Lipinski definition) is 2. The fraction of sp³-hybridized carbons (Fsp3) is 0.500. The summed E-state index contributed by atoms with van der Waals surface area (Å²) >= 11 is 0. The lowest BCUT2D eigenvalue weighted by Gasteiger charge is -2.05. The summed E-state index contributed by atoms with van der Waals surface area (Å²) in [5.74, 6) is 0.406. The topological polar surface area (TPSA) is 63.8 Å². The van der Waals surface area contributed by atoms with Crippen molar-refractivity contribution in [3.05, 3.63) is 18.1 Å². The minimum Gasteiger partial charge on any atom is -0.370 e. The van der Waals surface area contributed by atoms with Crippen molar-refractivity contribution in [2.75, 3.05) is 18.4 Å². The molecule has 1 heterocycles. The van der Waals surface area contributed by atoms with Crippen molar-refractivity contribution in [2.45, 2.75) is 12.8 Å². The minimum atomic E-state index is -2.56. The zero-order chi connectivity index (χ0) is 10.4. The third-order valence-corrected chi connectivity index (χ3v) is 1.60. The molecule has 0 bridgehead atoms. The first-order chi connectivity index (χ1) is 6.74. The number of nitrogens with one attached hydrogen (secondary N) is 1. The van der Waals surface area contributed by atoms with Crippen molar-refractivity contribution in [3.8, 4) is 0 Å². The van der Waals surface area contributed by atoms with E-state index in [9.17, 15) is 8.78 Å². The van der Waals surface area contributed by atoms with Crippen LogP contribution < -0.4 is 11.1 Å². The van der Waals surface area contributed by atoms with E-state index in [4.69, 9.17) is 5.73 Å². The van der Waals surface area contributed by atoms with E-state index in [-0.39, 0.29) is 5.69 Å². The van der Waals surface area contributed by atoms with E-state index in [1.54, 1.807) is 0 Å². The average molecular weight is 202 g/mol. The Morgan fingerprint density at radius 1 is 1.43 bits per heavy atom. The number of nitrogens with two attached hydrogens (primary N) is 1. The molecule has 14 heavy (non-hydrogen) atoms. The van der Waals surface area contributed by atoms with Gasteiger partial charge in [0.05, 0.1) is 0 Å². The van der Waals surface area contributed by atoms with Gasteiger partial charge in [0, 0.05) is 12.6 Å². The molecular weight excluding hydrogens is 190 g/mol. The first kappa shape index (κ1) is 10.8. The van der Waals surface area contributed by atoms with Crippen LogP contribution in [0.4, 0.5) is 14.6 Å². The van der Waals surface area contributed by atoms with Gasteiger partial charge in [-0.1, -0.05) is 0 Å². The van der Waals surface area contributed by atoms with Crippen LogP contribution in [0.25, 0.3) is 0 Å². The number of alkyl halides is 2. The van der Waals surface area contributed by atoms with Crippen molar-refractivity contribution in [3.63, 3.8) is 0 Å². The SMILES string of the molecule is NCCCNc1cc(C(F)F)ncn1. The van der Waals surface area contributed by atoms with E-state index in [0.29, 0.717) is 18.9 Å². The minimum absolute atomic E-state index is 0.268. The summed E-state index contributed by atoms with van der Waals surface area (Å²) in [5, 5.41) is 2.88. The molecule has 78 valence electrons. The summed E-state index contributed by atoms with van der Waals surface area (Å²) in [6, 6.07) is 1.24. The first-order valence-electron chi connectivity index (χ1n) is 4.28. The van der Waals surface area contributed by atoms with Crippen molar-refractivity contribution in [1.82, 2.24) is 9.97 Å².